The lowest BCUT2D eigenvalue weighted by Gasteiger charge is -2.35. The standard InChI is InChI=1S/C18H25N5/c1-4-7-23-12(2)14(9-20-23)11-22-15-5-6-18(22)16-10-19-13(3)21-17(16)8-15/h9-10,15,18H,4-8,11H2,1-3H3/t15-,18-/m0/s1. The Morgan fingerprint density at radius 1 is 1.22 bits per heavy atom. The van der Waals surface area contributed by atoms with Gasteiger partial charge in [-0.15, -0.1) is 0 Å². The van der Waals surface area contributed by atoms with Crippen LogP contribution in [0.3, 0.4) is 0 Å². The first-order valence-electron chi connectivity index (χ1n) is 8.76. The van der Waals surface area contributed by atoms with Crippen molar-refractivity contribution in [3.8, 4) is 0 Å². The minimum absolute atomic E-state index is 0.485. The number of aryl methyl sites for hydroxylation is 2. The molecule has 0 saturated carbocycles. The highest BCUT2D eigenvalue weighted by atomic mass is 15.3. The molecule has 0 amide bonds. The van der Waals surface area contributed by atoms with Gasteiger partial charge in [-0.05, 0) is 33.1 Å². The fourth-order valence-electron chi connectivity index (χ4n) is 4.19. The van der Waals surface area contributed by atoms with Gasteiger partial charge in [0, 0.05) is 54.6 Å². The van der Waals surface area contributed by atoms with Gasteiger partial charge in [-0.3, -0.25) is 9.58 Å². The molecule has 2 bridgehead atoms. The zero-order valence-electron chi connectivity index (χ0n) is 14.3. The topological polar surface area (TPSA) is 46.8 Å². The van der Waals surface area contributed by atoms with Crippen molar-refractivity contribution in [3.05, 3.63) is 40.7 Å². The van der Waals surface area contributed by atoms with Gasteiger partial charge in [0.15, 0.2) is 0 Å². The molecular formula is C18H25N5. The highest BCUT2D eigenvalue weighted by Gasteiger charge is 2.40. The molecule has 122 valence electrons. The van der Waals surface area contributed by atoms with Crippen LogP contribution >= 0.6 is 0 Å². The predicted molar refractivity (Wildman–Crippen MR) is 89.0 cm³/mol. The molecule has 2 aromatic heterocycles. The maximum absolute atomic E-state index is 4.69. The summed E-state index contributed by atoms with van der Waals surface area (Å²) in [6.45, 7) is 8.39. The summed E-state index contributed by atoms with van der Waals surface area (Å²) < 4.78 is 2.14. The van der Waals surface area contributed by atoms with Gasteiger partial charge in [0.1, 0.15) is 5.82 Å². The molecule has 5 heteroatoms. The van der Waals surface area contributed by atoms with E-state index in [1.165, 1.54) is 35.4 Å². The molecule has 1 fully saturated rings. The first-order valence-corrected chi connectivity index (χ1v) is 8.76. The van der Waals surface area contributed by atoms with Crippen LogP contribution < -0.4 is 0 Å². The van der Waals surface area contributed by atoms with Crippen LogP contribution in [0.15, 0.2) is 12.4 Å². The van der Waals surface area contributed by atoms with Crippen LogP contribution in [-0.2, 0) is 19.5 Å². The molecule has 0 aliphatic carbocycles. The van der Waals surface area contributed by atoms with E-state index < -0.39 is 0 Å². The van der Waals surface area contributed by atoms with Crippen LogP contribution in [0.5, 0.6) is 0 Å². The van der Waals surface area contributed by atoms with Crippen LogP contribution in [0.4, 0.5) is 0 Å². The normalized spacial score (nSPS) is 23.3. The van der Waals surface area contributed by atoms with Gasteiger partial charge >= 0.3 is 0 Å². The molecule has 2 aliphatic rings. The molecule has 4 heterocycles. The monoisotopic (exact) mass is 311 g/mol. The molecule has 0 aromatic carbocycles. The van der Waals surface area contributed by atoms with Crippen molar-refractivity contribution < 1.29 is 0 Å². The third-order valence-corrected chi connectivity index (χ3v) is 5.44. The Hall–Kier alpha value is -1.75. The highest BCUT2D eigenvalue weighted by molar-refractivity contribution is 5.29. The van der Waals surface area contributed by atoms with Crippen LogP contribution in [0.25, 0.3) is 0 Å². The second-order valence-corrected chi connectivity index (χ2v) is 6.92. The van der Waals surface area contributed by atoms with E-state index in [0.717, 1.165) is 31.8 Å². The predicted octanol–water partition coefficient (Wildman–Crippen LogP) is 2.96. The van der Waals surface area contributed by atoms with E-state index in [-0.39, 0.29) is 0 Å². The van der Waals surface area contributed by atoms with Crippen LogP contribution in [0.2, 0.25) is 0 Å². The lowest BCUT2D eigenvalue weighted by Crippen LogP contribution is -2.37. The Labute approximate surface area is 137 Å². The molecule has 0 unspecified atom stereocenters. The second-order valence-electron chi connectivity index (χ2n) is 6.92. The van der Waals surface area contributed by atoms with Crippen molar-refractivity contribution in [2.75, 3.05) is 0 Å². The SMILES string of the molecule is CCCn1ncc(CN2[C@H]3CC[C@H]2c2cnc(C)nc2C3)c1C. The molecule has 4 rings (SSSR count). The summed E-state index contributed by atoms with van der Waals surface area (Å²) in [6.07, 6.45) is 8.81. The van der Waals surface area contributed by atoms with Gasteiger partial charge in [0.25, 0.3) is 0 Å². The number of aromatic nitrogens is 4. The van der Waals surface area contributed by atoms with Gasteiger partial charge in [-0.2, -0.15) is 5.10 Å². The van der Waals surface area contributed by atoms with Crippen molar-refractivity contribution >= 4 is 0 Å². The maximum Gasteiger partial charge on any atom is 0.125 e. The lowest BCUT2D eigenvalue weighted by atomic mass is 9.98. The molecule has 23 heavy (non-hydrogen) atoms. The van der Waals surface area contributed by atoms with E-state index >= 15 is 0 Å². The molecule has 5 nitrogen and oxygen atoms in total. The number of hydrogen-bond acceptors (Lipinski definition) is 4. The van der Waals surface area contributed by atoms with Crippen LogP contribution in [-0.4, -0.2) is 30.7 Å². The zero-order chi connectivity index (χ0) is 16.0. The van der Waals surface area contributed by atoms with Gasteiger partial charge in [0.05, 0.1) is 11.9 Å². The Kier molecular flexibility index (Phi) is 3.68. The Morgan fingerprint density at radius 3 is 2.91 bits per heavy atom. The molecule has 0 N–H and O–H groups in total. The quantitative estimate of drug-likeness (QED) is 0.871. The molecule has 0 radical (unpaired) electrons. The molecule has 2 atom stereocenters. The summed E-state index contributed by atoms with van der Waals surface area (Å²) in [5, 5.41) is 4.56. The van der Waals surface area contributed by atoms with E-state index in [1.54, 1.807) is 0 Å². The first-order chi connectivity index (χ1) is 11.2. The van der Waals surface area contributed by atoms with E-state index in [4.69, 9.17) is 0 Å². The van der Waals surface area contributed by atoms with E-state index in [1.807, 2.05) is 6.92 Å². The summed E-state index contributed by atoms with van der Waals surface area (Å²) in [6, 6.07) is 1.11. The number of nitrogens with zero attached hydrogens (tertiary/aromatic N) is 5. The number of fused-ring (bicyclic) bond motifs is 4. The third kappa shape index (κ3) is 2.47. The zero-order valence-corrected chi connectivity index (χ0v) is 14.3. The van der Waals surface area contributed by atoms with E-state index in [2.05, 4.69) is 50.9 Å². The van der Waals surface area contributed by atoms with E-state index in [9.17, 15) is 0 Å². The van der Waals surface area contributed by atoms with Gasteiger partial charge in [-0.1, -0.05) is 6.92 Å². The average molecular weight is 311 g/mol. The average Bonchev–Trinajstić information content (AvgIpc) is 3.01. The van der Waals surface area contributed by atoms with Crippen molar-refractivity contribution in [2.24, 2.45) is 0 Å². The minimum atomic E-state index is 0.485. The van der Waals surface area contributed by atoms with Gasteiger partial charge in [0.2, 0.25) is 0 Å². The number of rotatable bonds is 4. The van der Waals surface area contributed by atoms with Crippen molar-refractivity contribution in [3.63, 3.8) is 0 Å². The third-order valence-electron chi connectivity index (χ3n) is 5.44. The number of hydrogen-bond donors (Lipinski definition) is 0. The molecular weight excluding hydrogens is 286 g/mol. The molecule has 2 aromatic rings. The van der Waals surface area contributed by atoms with Crippen molar-refractivity contribution in [1.29, 1.82) is 0 Å². The molecule has 2 aliphatic heterocycles. The van der Waals surface area contributed by atoms with Crippen molar-refractivity contribution in [2.45, 2.75) is 71.6 Å². The summed E-state index contributed by atoms with van der Waals surface area (Å²) >= 11 is 0. The van der Waals surface area contributed by atoms with Crippen molar-refractivity contribution in [1.82, 2.24) is 24.6 Å². The highest BCUT2D eigenvalue weighted by Crippen LogP contribution is 2.43. The summed E-state index contributed by atoms with van der Waals surface area (Å²) in [5.74, 6) is 0.897. The lowest BCUT2D eigenvalue weighted by molar-refractivity contribution is 0.165. The Balaban J connectivity index is 1.60. The van der Waals surface area contributed by atoms with Gasteiger partial charge < -0.3 is 0 Å². The first kappa shape index (κ1) is 14.8. The van der Waals surface area contributed by atoms with E-state index in [0.29, 0.717) is 12.1 Å². The van der Waals surface area contributed by atoms with Gasteiger partial charge in [-0.25, -0.2) is 9.97 Å². The fourth-order valence-corrected chi connectivity index (χ4v) is 4.19. The molecule has 1 saturated heterocycles. The summed E-state index contributed by atoms with van der Waals surface area (Å²) in [5.41, 5.74) is 5.31. The largest absolute Gasteiger partial charge is 0.288 e. The van der Waals surface area contributed by atoms with Crippen LogP contribution in [0, 0.1) is 13.8 Å². The maximum atomic E-state index is 4.69. The Bertz CT molecular complexity index is 720. The van der Waals surface area contributed by atoms with Crippen LogP contribution in [0.1, 0.15) is 60.6 Å². The molecule has 0 spiro atoms. The minimum Gasteiger partial charge on any atom is -0.288 e. The summed E-state index contributed by atoms with van der Waals surface area (Å²) in [4.78, 5) is 11.8. The Morgan fingerprint density at radius 2 is 2.09 bits per heavy atom. The summed E-state index contributed by atoms with van der Waals surface area (Å²) in [7, 11) is 0. The smallest absolute Gasteiger partial charge is 0.125 e. The second kappa shape index (κ2) is 5.71. The fraction of sp³-hybridized carbons (Fsp3) is 0.611.